The molecule has 10 heavy (non-hydrogen) atoms. The lowest BCUT2D eigenvalue weighted by atomic mass is 10.1. The maximum Gasteiger partial charge on any atom is 0.0899 e. The highest BCUT2D eigenvalue weighted by atomic mass is 32.1. The second kappa shape index (κ2) is 2.32. The van der Waals surface area contributed by atoms with E-state index < -0.39 is 0 Å². The molecule has 0 radical (unpaired) electrons. The molecule has 3 heteroatoms. The molecule has 1 aliphatic rings. The van der Waals surface area contributed by atoms with Crippen LogP contribution in [0.1, 0.15) is 23.4 Å². The molecule has 0 bridgehead atoms. The minimum atomic E-state index is 0.552. The molecule has 0 fully saturated rings. The van der Waals surface area contributed by atoms with Crippen molar-refractivity contribution in [2.75, 3.05) is 6.61 Å². The van der Waals surface area contributed by atoms with Crippen molar-refractivity contribution in [1.82, 2.24) is 4.98 Å². The minimum Gasteiger partial charge on any atom is -0.374 e. The van der Waals surface area contributed by atoms with Crippen molar-refractivity contribution in [1.29, 1.82) is 0 Å². The van der Waals surface area contributed by atoms with Gasteiger partial charge in [-0.3, -0.25) is 0 Å². The maximum atomic E-state index is 5.31. The zero-order chi connectivity index (χ0) is 6.97. The van der Waals surface area contributed by atoms with Crippen LogP contribution in [0.3, 0.4) is 0 Å². The monoisotopic (exact) mass is 155 g/mol. The van der Waals surface area contributed by atoms with Gasteiger partial charge in [-0.1, -0.05) is 6.92 Å². The van der Waals surface area contributed by atoms with Crippen LogP contribution in [0, 0.1) is 0 Å². The number of thiazole rings is 1. The normalized spacial score (nSPS) is 24.3. The Hall–Kier alpha value is -0.410. The molecule has 2 rings (SSSR count). The van der Waals surface area contributed by atoms with Crippen molar-refractivity contribution in [2.24, 2.45) is 0 Å². The predicted octanol–water partition coefficient (Wildman–Crippen LogP) is 1.78. The van der Waals surface area contributed by atoms with Crippen molar-refractivity contribution >= 4 is 11.3 Å². The van der Waals surface area contributed by atoms with Gasteiger partial charge >= 0.3 is 0 Å². The Morgan fingerprint density at radius 3 is 3.50 bits per heavy atom. The molecule has 1 unspecified atom stereocenters. The lowest BCUT2D eigenvalue weighted by Gasteiger charge is -2.16. The summed E-state index contributed by atoms with van der Waals surface area (Å²) in [4.78, 5) is 5.61. The van der Waals surface area contributed by atoms with E-state index in [4.69, 9.17) is 4.74 Å². The summed E-state index contributed by atoms with van der Waals surface area (Å²) in [5.74, 6) is 0.552. The molecule has 0 saturated heterocycles. The highest BCUT2D eigenvalue weighted by Crippen LogP contribution is 2.28. The second-order valence-corrected chi connectivity index (χ2v) is 3.47. The minimum absolute atomic E-state index is 0.552. The first kappa shape index (κ1) is 6.31. The fourth-order valence-electron chi connectivity index (χ4n) is 1.20. The van der Waals surface area contributed by atoms with Gasteiger partial charge in [0.2, 0.25) is 0 Å². The summed E-state index contributed by atoms with van der Waals surface area (Å²) in [6.45, 7) is 3.74. The molecular weight excluding hydrogens is 146 g/mol. The van der Waals surface area contributed by atoms with Crippen LogP contribution in [-0.2, 0) is 11.3 Å². The number of hydrogen-bond acceptors (Lipinski definition) is 3. The van der Waals surface area contributed by atoms with Gasteiger partial charge in [0.15, 0.2) is 0 Å². The van der Waals surface area contributed by atoms with Crippen molar-refractivity contribution in [2.45, 2.75) is 19.4 Å². The molecule has 54 valence electrons. The molecular formula is C7H9NOS. The van der Waals surface area contributed by atoms with Gasteiger partial charge in [-0.15, -0.1) is 11.3 Å². The van der Waals surface area contributed by atoms with Crippen molar-refractivity contribution in [3.8, 4) is 0 Å². The summed E-state index contributed by atoms with van der Waals surface area (Å²) >= 11 is 1.74. The number of aromatic nitrogens is 1. The number of nitrogens with zero attached hydrogens (tertiary/aromatic N) is 1. The third kappa shape index (κ3) is 0.859. The standard InChI is InChI=1S/C7H9NOS/c1-5-2-9-3-6-7(5)10-4-8-6/h4-5H,2-3H2,1H3. The molecule has 1 atom stereocenters. The number of ether oxygens (including phenoxy) is 1. The molecule has 2 heterocycles. The summed E-state index contributed by atoms with van der Waals surface area (Å²) < 4.78 is 5.31. The topological polar surface area (TPSA) is 22.1 Å². The van der Waals surface area contributed by atoms with E-state index in [0.29, 0.717) is 12.5 Å². The third-order valence-electron chi connectivity index (χ3n) is 1.73. The van der Waals surface area contributed by atoms with Gasteiger partial charge in [0.1, 0.15) is 0 Å². The largest absolute Gasteiger partial charge is 0.374 e. The smallest absolute Gasteiger partial charge is 0.0899 e. The molecule has 2 nitrogen and oxygen atoms in total. The fraction of sp³-hybridized carbons (Fsp3) is 0.571. The molecule has 0 saturated carbocycles. The lowest BCUT2D eigenvalue weighted by Crippen LogP contribution is -2.11. The van der Waals surface area contributed by atoms with Crippen LogP contribution in [0.25, 0.3) is 0 Å². The Bertz CT molecular complexity index is 233. The van der Waals surface area contributed by atoms with E-state index in [1.807, 2.05) is 5.51 Å². The summed E-state index contributed by atoms with van der Waals surface area (Å²) in [6.07, 6.45) is 0. The average molecular weight is 155 g/mol. The van der Waals surface area contributed by atoms with Crippen LogP contribution in [0.2, 0.25) is 0 Å². The Morgan fingerprint density at radius 1 is 1.80 bits per heavy atom. The molecule has 0 amide bonds. The van der Waals surface area contributed by atoms with E-state index >= 15 is 0 Å². The van der Waals surface area contributed by atoms with Crippen LogP contribution in [0.5, 0.6) is 0 Å². The van der Waals surface area contributed by atoms with Crippen LogP contribution >= 0.6 is 11.3 Å². The molecule has 0 aromatic carbocycles. The summed E-state index contributed by atoms with van der Waals surface area (Å²) in [6, 6.07) is 0. The highest BCUT2D eigenvalue weighted by Gasteiger charge is 2.18. The quantitative estimate of drug-likeness (QED) is 0.569. The van der Waals surface area contributed by atoms with Gasteiger partial charge < -0.3 is 4.74 Å². The zero-order valence-electron chi connectivity index (χ0n) is 5.83. The van der Waals surface area contributed by atoms with Gasteiger partial charge in [0.25, 0.3) is 0 Å². The van der Waals surface area contributed by atoms with Gasteiger partial charge in [-0.2, -0.15) is 0 Å². The molecule has 1 aromatic heterocycles. The second-order valence-electron chi connectivity index (χ2n) is 2.58. The fourth-order valence-corrected chi connectivity index (χ4v) is 2.04. The molecule has 1 aliphatic heterocycles. The molecule has 0 N–H and O–H groups in total. The zero-order valence-corrected chi connectivity index (χ0v) is 6.65. The van der Waals surface area contributed by atoms with Crippen molar-refractivity contribution in [3.63, 3.8) is 0 Å². The van der Waals surface area contributed by atoms with Crippen molar-refractivity contribution < 1.29 is 4.74 Å². The van der Waals surface area contributed by atoms with Gasteiger partial charge in [0.05, 0.1) is 24.4 Å². The van der Waals surface area contributed by atoms with E-state index in [1.54, 1.807) is 11.3 Å². The third-order valence-corrected chi connectivity index (χ3v) is 2.83. The molecule has 1 aromatic rings. The van der Waals surface area contributed by atoms with Crippen LogP contribution < -0.4 is 0 Å². The number of rotatable bonds is 0. The van der Waals surface area contributed by atoms with E-state index in [-0.39, 0.29) is 0 Å². The van der Waals surface area contributed by atoms with Crippen LogP contribution in [0.4, 0.5) is 0 Å². The first-order chi connectivity index (χ1) is 4.88. The van der Waals surface area contributed by atoms with Crippen LogP contribution in [-0.4, -0.2) is 11.6 Å². The van der Waals surface area contributed by atoms with Crippen molar-refractivity contribution in [3.05, 3.63) is 16.1 Å². The molecule has 0 aliphatic carbocycles. The Kier molecular flexibility index (Phi) is 1.47. The van der Waals surface area contributed by atoms with Gasteiger partial charge in [-0.25, -0.2) is 4.98 Å². The first-order valence-electron chi connectivity index (χ1n) is 3.38. The highest BCUT2D eigenvalue weighted by molar-refractivity contribution is 7.09. The summed E-state index contributed by atoms with van der Waals surface area (Å²) in [7, 11) is 0. The number of fused-ring (bicyclic) bond motifs is 1. The van der Waals surface area contributed by atoms with E-state index in [2.05, 4.69) is 11.9 Å². The summed E-state index contributed by atoms with van der Waals surface area (Å²) in [5, 5.41) is 0. The maximum absolute atomic E-state index is 5.31. The lowest BCUT2D eigenvalue weighted by molar-refractivity contribution is 0.0939. The first-order valence-corrected chi connectivity index (χ1v) is 4.26. The Labute approximate surface area is 63.9 Å². The summed E-state index contributed by atoms with van der Waals surface area (Å²) in [5.41, 5.74) is 3.04. The van der Waals surface area contributed by atoms with E-state index in [9.17, 15) is 0 Å². The van der Waals surface area contributed by atoms with Gasteiger partial charge in [-0.05, 0) is 0 Å². The Balaban J connectivity index is 2.41. The average Bonchev–Trinajstić information content (AvgIpc) is 2.36. The molecule has 0 spiro atoms. The predicted molar refractivity (Wildman–Crippen MR) is 40.2 cm³/mol. The van der Waals surface area contributed by atoms with Gasteiger partial charge in [0, 0.05) is 10.8 Å². The Morgan fingerprint density at radius 2 is 2.70 bits per heavy atom. The SMILES string of the molecule is CC1COCc2ncsc21. The number of hydrogen-bond donors (Lipinski definition) is 0. The van der Waals surface area contributed by atoms with Crippen LogP contribution in [0.15, 0.2) is 5.51 Å². The van der Waals surface area contributed by atoms with E-state index in [1.165, 1.54) is 4.88 Å². The van der Waals surface area contributed by atoms with E-state index in [0.717, 1.165) is 12.3 Å².